The summed E-state index contributed by atoms with van der Waals surface area (Å²) in [6.45, 7) is 11.6. The lowest BCUT2D eigenvalue weighted by Crippen LogP contribution is -2.35. The van der Waals surface area contributed by atoms with Crippen LogP contribution in [0.15, 0.2) is 12.7 Å². The van der Waals surface area contributed by atoms with Crippen molar-refractivity contribution in [3.8, 4) is 0 Å². The molecule has 0 bridgehead atoms. The maximum atomic E-state index is 12.5. The zero-order valence-electron chi connectivity index (χ0n) is 15.6. The van der Waals surface area contributed by atoms with Crippen molar-refractivity contribution in [3.05, 3.63) is 12.7 Å². The van der Waals surface area contributed by atoms with Crippen molar-refractivity contribution in [1.82, 2.24) is 4.90 Å². The first-order valence-electron chi connectivity index (χ1n) is 8.47. The molecule has 0 radical (unpaired) electrons. The molecule has 0 N–H and O–H groups in total. The second-order valence-electron chi connectivity index (χ2n) is 4.87. The molecule has 10 heteroatoms. The van der Waals surface area contributed by atoms with Crippen molar-refractivity contribution in [2.75, 3.05) is 51.8 Å². The van der Waals surface area contributed by atoms with Crippen molar-refractivity contribution >= 4 is 21.1 Å². The molecule has 0 aliphatic rings. The minimum Gasteiger partial charge on any atom is -0.338 e. The van der Waals surface area contributed by atoms with Gasteiger partial charge in [0.2, 0.25) is 5.91 Å². The zero-order valence-corrected chi connectivity index (χ0v) is 17.4. The molecule has 0 aromatic rings. The molecule has 0 saturated carbocycles. The number of carbonyl (C=O) groups is 1. The van der Waals surface area contributed by atoms with E-state index in [1.807, 2.05) is 0 Å². The normalized spacial score (nSPS) is 12.2. The van der Waals surface area contributed by atoms with Crippen LogP contribution in [0.3, 0.4) is 0 Å². The number of hydrogen-bond donors (Lipinski definition) is 0. The van der Waals surface area contributed by atoms with Crippen LogP contribution < -0.4 is 0 Å². The Kier molecular flexibility index (Phi) is 12.5. The van der Waals surface area contributed by atoms with Gasteiger partial charge < -0.3 is 23.0 Å². The topological polar surface area (TPSA) is 91.4 Å². The standard InChI is InChI=1S/C15H31NO7P2/c1-6-15(17)16(11-13-24(18,20-7-2)21-8-3)12-14-25(19,22-9-4)23-10-5/h6H,1,7-14H2,2-5H3. The fraction of sp³-hybridized carbons (Fsp3) is 0.800. The highest BCUT2D eigenvalue weighted by Crippen LogP contribution is 2.49. The average Bonchev–Trinajstić information content (AvgIpc) is 2.55. The van der Waals surface area contributed by atoms with E-state index in [1.165, 1.54) is 4.90 Å². The highest BCUT2D eigenvalue weighted by molar-refractivity contribution is 7.54. The Hall–Kier alpha value is -0.490. The predicted molar refractivity (Wildman–Crippen MR) is 98.2 cm³/mol. The quantitative estimate of drug-likeness (QED) is 0.307. The molecule has 0 saturated heterocycles. The summed E-state index contributed by atoms with van der Waals surface area (Å²) in [4.78, 5) is 13.4. The van der Waals surface area contributed by atoms with Gasteiger partial charge in [0.15, 0.2) is 0 Å². The Balaban J connectivity index is 4.96. The smallest absolute Gasteiger partial charge is 0.332 e. The lowest BCUT2D eigenvalue weighted by Gasteiger charge is -2.26. The van der Waals surface area contributed by atoms with Crippen LogP contribution in [0.5, 0.6) is 0 Å². The molecule has 0 atom stereocenters. The van der Waals surface area contributed by atoms with Gasteiger partial charge in [0.25, 0.3) is 0 Å². The molecule has 0 aliphatic heterocycles. The molecule has 8 nitrogen and oxygen atoms in total. The first-order valence-corrected chi connectivity index (χ1v) is 11.9. The first kappa shape index (κ1) is 24.5. The maximum Gasteiger partial charge on any atom is 0.332 e. The van der Waals surface area contributed by atoms with Crippen LogP contribution >= 0.6 is 15.2 Å². The number of rotatable bonds is 15. The molecule has 1 amide bonds. The molecule has 0 spiro atoms. The molecular weight excluding hydrogens is 368 g/mol. The SMILES string of the molecule is C=CC(=O)N(CCP(=O)(OCC)OCC)CCP(=O)(OCC)OCC. The van der Waals surface area contributed by atoms with Gasteiger partial charge in [0.05, 0.1) is 38.8 Å². The van der Waals surface area contributed by atoms with Crippen molar-refractivity contribution in [1.29, 1.82) is 0 Å². The van der Waals surface area contributed by atoms with Crippen LogP contribution in [0.2, 0.25) is 0 Å². The van der Waals surface area contributed by atoms with Crippen molar-refractivity contribution in [2.24, 2.45) is 0 Å². The van der Waals surface area contributed by atoms with Crippen molar-refractivity contribution < 1.29 is 32.0 Å². The second-order valence-corrected chi connectivity index (χ2v) is 9.24. The van der Waals surface area contributed by atoms with Crippen molar-refractivity contribution in [2.45, 2.75) is 27.7 Å². The summed E-state index contributed by atoms with van der Waals surface area (Å²) in [5.41, 5.74) is 0. The maximum absolute atomic E-state index is 12.5. The van der Waals surface area contributed by atoms with Gasteiger partial charge in [-0.3, -0.25) is 13.9 Å². The molecule has 0 aromatic carbocycles. The van der Waals surface area contributed by atoms with Crippen LogP contribution in [0.1, 0.15) is 27.7 Å². The predicted octanol–water partition coefficient (Wildman–Crippen LogP) is 3.53. The fourth-order valence-electron chi connectivity index (χ4n) is 2.07. The Morgan fingerprint density at radius 2 is 1.16 bits per heavy atom. The van der Waals surface area contributed by atoms with Crippen LogP contribution in [0.4, 0.5) is 0 Å². The van der Waals surface area contributed by atoms with Gasteiger partial charge in [0, 0.05) is 13.1 Å². The number of hydrogen-bond acceptors (Lipinski definition) is 7. The van der Waals surface area contributed by atoms with E-state index in [0.717, 1.165) is 6.08 Å². The van der Waals surface area contributed by atoms with Crippen LogP contribution in [-0.4, -0.2) is 62.6 Å². The average molecular weight is 399 g/mol. The fourth-order valence-corrected chi connectivity index (χ4v) is 5.28. The highest BCUT2D eigenvalue weighted by atomic mass is 31.2. The lowest BCUT2D eigenvalue weighted by molar-refractivity contribution is -0.125. The van der Waals surface area contributed by atoms with E-state index >= 15 is 0 Å². The van der Waals surface area contributed by atoms with Gasteiger partial charge in [-0.1, -0.05) is 6.58 Å². The Morgan fingerprint density at radius 1 is 0.840 bits per heavy atom. The summed E-state index contributed by atoms with van der Waals surface area (Å²) in [5, 5.41) is 0. The van der Waals surface area contributed by atoms with E-state index in [9.17, 15) is 13.9 Å². The van der Waals surface area contributed by atoms with E-state index in [4.69, 9.17) is 18.1 Å². The van der Waals surface area contributed by atoms with E-state index in [0.29, 0.717) is 0 Å². The summed E-state index contributed by atoms with van der Waals surface area (Å²) in [7, 11) is -6.55. The van der Waals surface area contributed by atoms with E-state index in [-0.39, 0.29) is 57.7 Å². The molecule has 0 fully saturated rings. The van der Waals surface area contributed by atoms with Gasteiger partial charge in [-0.2, -0.15) is 0 Å². The molecule has 25 heavy (non-hydrogen) atoms. The summed E-state index contributed by atoms with van der Waals surface area (Å²) in [6.07, 6.45) is 1.24. The monoisotopic (exact) mass is 399 g/mol. The third-order valence-corrected chi connectivity index (χ3v) is 7.18. The molecule has 0 rings (SSSR count). The van der Waals surface area contributed by atoms with Crippen LogP contribution in [-0.2, 0) is 32.0 Å². The summed E-state index contributed by atoms with van der Waals surface area (Å²) in [6, 6.07) is 0. The lowest BCUT2D eigenvalue weighted by atomic mass is 10.4. The van der Waals surface area contributed by atoms with Gasteiger partial charge >= 0.3 is 15.2 Å². The Bertz CT molecular complexity index is 444. The van der Waals surface area contributed by atoms with Gasteiger partial charge in [-0.05, 0) is 33.8 Å². The van der Waals surface area contributed by atoms with Gasteiger partial charge in [-0.25, -0.2) is 0 Å². The first-order chi connectivity index (χ1) is 11.8. The molecular formula is C15H31NO7P2. The summed E-state index contributed by atoms with van der Waals surface area (Å²) >= 11 is 0. The third-order valence-electron chi connectivity index (χ3n) is 3.08. The largest absolute Gasteiger partial charge is 0.338 e. The summed E-state index contributed by atoms with van der Waals surface area (Å²) < 4.78 is 45.9. The Morgan fingerprint density at radius 3 is 1.40 bits per heavy atom. The van der Waals surface area contributed by atoms with Crippen LogP contribution in [0, 0.1) is 0 Å². The molecule has 0 heterocycles. The number of amides is 1. The van der Waals surface area contributed by atoms with Gasteiger partial charge in [0.1, 0.15) is 0 Å². The van der Waals surface area contributed by atoms with Gasteiger partial charge in [-0.15, -0.1) is 0 Å². The van der Waals surface area contributed by atoms with E-state index in [1.54, 1.807) is 27.7 Å². The molecule has 0 unspecified atom stereocenters. The van der Waals surface area contributed by atoms with E-state index in [2.05, 4.69) is 6.58 Å². The summed E-state index contributed by atoms with van der Waals surface area (Å²) in [5.74, 6) is -0.362. The molecule has 0 aliphatic carbocycles. The second kappa shape index (κ2) is 12.8. The van der Waals surface area contributed by atoms with Crippen LogP contribution in [0.25, 0.3) is 0 Å². The molecule has 148 valence electrons. The zero-order chi connectivity index (χ0) is 19.3. The van der Waals surface area contributed by atoms with E-state index < -0.39 is 15.2 Å². The minimum atomic E-state index is -3.27. The minimum absolute atomic E-state index is 0.0435. The Labute approximate surface area is 150 Å². The third kappa shape index (κ3) is 9.69. The number of carbonyl (C=O) groups excluding carboxylic acids is 1. The molecule has 0 aromatic heterocycles. The highest BCUT2D eigenvalue weighted by Gasteiger charge is 2.28. The van der Waals surface area contributed by atoms with Crippen molar-refractivity contribution in [3.63, 3.8) is 0 Å². The number of nitrogens with zero attached hydrogens (tertiary/aromatic N) is 1.